The van der Waals surface area contributed by atoms with Crippen molar-refractivity contribution >= 4 is 5.82 Å². The summed E-state index contributed by atoms with van der Waals surface area (Å²) in [5, 5.41) is 3.63. The zero-order valence-electron chi connectivity index (χ0n) is 12.4. The molecule has 1 fully saturated rings. The van der Waals surface area contributed by atoms with Crippen molar-refractivity contribution in [1.82, 2.24) is 14.9 Å². The van der Waals surface area contributed by atoms with Gasteiger partial charge in [-0.3, -0.25) is 0 Å². The zero-order chi connectivity index (χ0) is 13.9. The van der Waals surface area contributed by atoms with E-state index in [1.165, 1.54) is 24.1 Å². The molecule has 1 N–H and O–H groups in total. The van der Waals surface area contributed by atoms with Crippen LogP contribution in [0.15, 0.2) is 6.33 Å². The number of hydrogen-bond acceptors (Lipinski definition) is 5. The van der Waals surface area contributed by atoms with Crippen LogP contribution in [-0.4, -0.2) is 47.7 Å². The highest BCUT2D eigenvalue weighted by atomic mass is 16.5. The van der Waals surface area contributed by atoms with Crippen molar-refractivity contribution in [3.05, 3.63) is 17.6 Å². The fourth-order valence-electron chi connectivity index (χ4n) is 3.32. The maximum Gasteiger partial charge on any atom is 0.134 e. The molecule has 0 aromatic carbocycles. The standard InChI is InChI=1S/C15H24N4O/c1-19-8-7-12-11(9-19)15(17-10-16-12)18-13-5-3-4-6-14(13)20-2/h10,13-14H,3-9H2,1-2H3,(H,16,17,18)/t13-,14-/m0/s1. The molecule has 0 bridgehead atoms. The summed E-state index contributed by atoms with van der Waals surface area (Å²) in [4.78, 5) is 11.2. The molecule has 110 valence electrons. The molecule has 20 heavy (non-hydrogen) atoms. The molecule has 1 aliphatic heterocycles. The molecular formula is C15H24N4O. The van der Waals surface area contributed by atoms with Crippen LogP contribution in [0.5, 0.6) is 0 Å². The molecule has 2 atom stereocenters. The molecule has 0 spiro atoms. The summed E-state index contributed by atoms with van der Waals surface area (Å²) in [7, 11) is 3.96. The number of nitrogens with zero attached hydrogens (tertiary/aromatic N) is 3. The zero-order valence-corrected chi connectivity index (χ0v) is 12.4. The number of nitrogens with one attached hydrogen (secondary N) is 1. The molecule has 1 aromatic heterocycles. The van der Waals surface area contributed by atoms with Gasteiger partial charge in [0.2, 0.25) is 0 Å². The molecule has 1 aromatic rings. The minimum Gasteiger partial charge on any atom is -0.379 e. The van der Waals surface area contributed by atoms with E-state index in [1.54, 1.807) is 6.33 Å². The van der Waals surface area contributed by atoms with Gasteiger partial charge in [0.25, 0.3) is 0 Å². The van der Waals surface area contributed by atoms with Crippen molar-refractivity contribution in [1.29, 1.82) is 0 Å². The number of fused-ring (bicyclic) bond motifs is 1. The van der Waals surface area contributed by atoms with Crippen molar-refractivity contribution in [3.63, 3.8) is 0 Å². The molecule has 1 aliphatic carbocycles. The summed E-state index contributed by atoms with van der Waals surface area (Å²) in [6.07, 6.45) is 7.84. The van der Waals surface area contributed by atoms with E-state index in [-0.39, 0.29) is 0 Å². The van der Waals surface area contributed by atoms with Gasteiger partial charge in [-0.1, -0.05) is 12.8 Å². The Hall–Kier alpha value is -1.20. The summed E-state index contributed by atoms with van der Waals surface area (Å²) in [6, 6.07) is 0.375. The lowest BCUT2D eigenvalue weighted by Gasteiger charge is -2.33. The van der Waals surface area contributed by atoms with Crippen LogP contribution in [-0.2, 0) is 17.7 Å². The third-order valence-electron chi connectivity index (χ3n) is 4.52. The van der Waals surface area contributed by atoms with Crippen molar-refractivity contribution in [2.45, 2.75) is 50.8 Å². The first-order valence-corrected chi connectivity index (χ1v) is 7.58. The van der Waals surface area contributed by atoms with Gasteiger partial charge in [0, 0.05) is 32.2 Å². The molecule has 3 rings (SSSR count). The van der Waals surface area contributed by atoms with Gasteiger partial charge >= 0.3 is 0 Å². The normalized spacial score (nSPS) is 27.1. The molecule has 5 heteroatoms. The van der Waals surface area contributed by atoms with Gasteiger partial charge in [0.05, 0.1) is 17.8 Å². The van der Waals surface area contributed by atoms with E-state index in [4.69, 9.17) is 4.74 Å². The van der Waals surface area contributed by atoms with E-state index in [0.717, 1.165) is 38.2 Å². The second-order valence-corrected chi connectivity index (χ2v) is 5.94. The van der Waals surface area contributed by atoms with Crippen molar-refractivity contribution in [2.24, 2.45) is 0 Å². The maximum absolute atomic E-state index is 5.62. The predicted molar refractivity (Wildman–Crippen MR) is 78.7 cm³/mol. The Kier molecular flexibility index (Phi) is 4.17. The van der Waals surface area contributed by atoms with Crippen LogP contribution in [0.1, 0.15) is 36.9 Å². The lowest BCUT2D eigenvalue weighted by atomic mass is 9.92. The highest BCUT2D eigenvalue weighted by Gasteiger charge is 2.27. The monoisotopic (exact) mass is 276 g/mol. The quantitative estimate of drug-likeness (QED) is 0.913. The SMILES string of the molecule is CO[C@H]1CCCC[C@@H]1Nc1ncnc2c1CN(C)CC2. The van der Waals surface area contributed by atoms with Crippen LogP contribution in [0.3, 0.4) is 0 Å². The van der Waals surface area contributed by atoms with Crippen LogP contribution in [0, 0.1) is 0 Å². The fourth-order valence-corrected chi connectivity index (χ4v) is 3.32. The highest BCUT2D eigenvalue weighted by Crippen LogP contribution is 2.27. The third kappa shape index (κ3) is 2.79. The number of aromatic nitrogens is 2. The van der Waals surface area contributed by atoms with E-state index in [1.807, 2.05) is 7.11 Å². The lowest BCUT2D eigenvalue weighted by molar-refractivity contribution is 0.0604. The van der Waals surface area contributed by atoms with E-state index in [9.17, 15) is 0 Å². The Balaban J connectivity index is 1.80. The number of ether oxygens (including phenoxy) is 1. The number of anilines is 1. The number of rotatable bonds is 3. The molecule has 1 saturated carbocycles. The van der Waals surface area contributed by atoms with Crippen LogP contribution in [0.2, 0.25) is 0 Å². The molecule has 0 radical (unpaired) electrons. The molecular weight excluding hydrogens is 252 g/mol. The van der Waals surface area contributed by atoms with Gasteiger partial charge in [-0.05, 0) is 19.9 Å². The molecule has 0 amide bonds. The van der Waals surface area contributed by atoms with Gasteiger partial charge in [-0.2, -0.15) is 0 Å². The Labute approximate surface area is 120 Å². The third-order valence-corrected chi connectivity index (χ3v) is 4.52. The van der Waals surface area contributed by atoms with Gasteiger partial charge in [-0.15, -0.1) is 0 Å². The molecule has 2 heterocycles. The van der Waals surface area contributed by atoms with Crippen LogP contribution in [0.25, 0.3) is 0 Å². The van der Waals surface area contributed by atoms with Gasteiger partial charge in [-0.25, -0.2) is 9.97 Å². The van der Waals surface area contributed by atoms with Crippen LogP contribution in [0.4, 0.5) is 5.82 Å². The average molecular weight is 276 g/mol. The Morgan fingerprint density at radius 2 is 2.15 bits per heavy atom. The van der Waals surface area contributed by atoms with Gasteiger partial charge in [0.1, 0.15) is 12.1 Å². The van der Waals surface area contributed by atoms with Crippen LogP contribution < -0.4 is 5.32 Å². The average Bonchev–Trinajstić information content (AvgIpc) is 2.48. The smallest absolute Gasteiger partial charge is 0.134 e. The van der Waals surface area contributed by atoms with Gasteiger partial charge in [0.15, 0.2) is 0 Å². The predicted octanol–water partition coefficient (Wildman–Crippen LogP) is 1.83. The lowest BCUT2D eigenvalue weighted by Crippen LogP contribution is -2.39. The maximum atomic E-state index is 5.62. The van der Waals surface area contributed by atoms with E-state index in [2.05, 4.69) is 27.2 Å². The number of hydrogen-bond donors (Lipinski definition) is 1. The topological polar surface area (TPSA) is 50.3 Å². The Bertz CT molecular complexity index is 465. The summed E-state index contributed by atoms with van der Waals surface area (Å²) < 4.78 is 5.62. The summed E-state index contributed by atoms with van der Waals surface area (Å²) in [6.45, 7) is 2.01. The largest absolute Gasteiger partial charge is 0.379 e. The van der Waals surface area contributed by atoms with Crippen molar-refractivity contribution < 1.29 is 4.74 Å². The summed E-state index contributed by atoms with van der Waals surface area (Å²) in [5.41, 5.74) is 2.46. The minimum atomic E-state index is 0.302. The Morgan fingerprint density at radius 3 is 3.00 bits per heavy atom. The fraction of sp³-hybridized carbons (Fsp3) is 0.733. The molecule has 0 unspecified atom stereocenters. The van der Waals surface area contributed by atoms with Crippen molar-refractivity contribution in [3.8, 4) is 0 Å². The number of methoxy groups -OCH3 is 1. The summed E-state index contributed by atoms with van der Waals surface area (Å²) >= 11 is 0. The first kappa shape index (κ1) is 13.8. The minimum absolute atomic E-state index is 0.302. The van der Waals surface area contributed by atoms with E-state index in [0.29, 0.717) is 12.1 Å². The first-order valence-electron chi connectivity index (χ1n) is 7.58. The first-order chi connectivity index (χ1) is 9.78. The second kappa shape index (κ2) is 6.06. The molecule has 5 nitrogen and oxygen atoms in total. The Morgan fingerprint density at radius 1 is 1.30 bits per heavy atom. The summed E-state index contributed by atoms with van der Waals surface area (Å²) in [5.74, 6) is 1.01. The van der Waals surface area contributed by atoms with Crippen molar-refractivity contribution in [2.75, 3.05) is 26.0 Å². The molecule has 2 aliphatic rings. The van der Waals surface area contributed by atoms with Gasteiger partial charge < -0.3 is 15.0 Å². The molecule has 0 saturated heterocycles. The van der Waals surface area contributed by atoms with E-state index >= 15 is 0 Å². The highest BCUT2D eigenvalue weighted by molar-refractivity contribution is 5.47. The van der Waals surface area contributed by atoms with Crippen LogP contribution >= 0.6 is 0 Å². The number of likely N-dealkylation sites (N-methyl/N-ethyl adjacent to an activating group) is 1. The van der Waals surface area contributed by atoms with E-state index < -0.39 is 0 Å². The second-order valence-electron chi connectivity index (χ2n) is 5.94.